The van der Waals surface area contributed by atoms with Crippen molar-refractivity contribution < 1.29 is 22.7 Å². The molecule has 23 heavy (non-hydrogen) atoms. The number of halogens is 3. The number of alkyl carbamates (subject to hydrolysis) is 1. The van der Waals surface area contributed by atoms with Gasteiger partial charge < -0.3 is 10.1 Å². The molecule has 1 atom stereocenters. The van der Waals surface area contributed by atoms with Crippen molar-refractivity contribution in [2.45, 2.75) is 51.4 Å². The minimum absolute atomic E-state index is 0.0940. The second-order valence-electron chi connectivity index (χ2n) is 6.02. The predicted molar refractivity (Wildman–Crippen MR) is 78.4 cm³/mol. The molecule has 0 radical (unpaired) electrons. The molecule has 4 nitrogen and oxygen atoms in total. The first kappa shape index (κ1) is 18.8. The first-order chi connectivity index (χ1) is 10.5. The Kier molecular flexibility index (Phi) is 6.02. The number of ether oxygens (including phenoxy) is 1. The van der Waals surface area contributed by atoms with Crippen LogP contribution in [-0.4, -0.2) is 11.7 Å². The highest BCUT2D eigenvalue weighted by Gasteiger charge is 2.31. The minimum atomic E-state index is -4.47. The lowest BCUT2D eigenvalue weighted by Crippen LogP contribution is -2.35. The molecule has 0 bridgehead atoms. The molecular weight excluding hydrogens is 309 g/mol. The van der Waals surface area contributed by atoms with Crippen LogP contribution in [0.25, 0.3) is 0 Å². The number of hydrogen-bond acceptors (Lipinski definition) is 3. The number of amides is 1. The van der Waals surface area contributed by atoms with Crippen molar-refractivity contribution in [3.63, 3.8) is 0 Å². The lowest BCUT2D eigenvalue weighted by molar-refractivity contribution is -0.137. The summed E-state index contributed by atoms with van der Waals surface area (Å²) in [5.41, 5.74) is -1.25. The normalized spacial score (nSPS) is 13.1. The molecule has 1 rings (SSSR count). The van der Waals surface area contributed by atoms with E-state index in [0.717, 1.165) is 12.1 Å². The van der Waals surface area contributed by atoms with Gasteiger partial charge in [0, 0.05) is 6.42 Å². The number of benzene rings is 1. The Morgan fingerprint density at radius 3 is 2.52 bits per heavy atom. The van der Waals surface area contributed by atoms with Crippen LogP contribution in [0, 0.1) is 11.3 Å². The Bertz CT molecular complexity index is 586. The Hall–Kier alpha value is -2.23. The van der Waals surface area contributed by atoms with Crippen LogP contribution in [0.3, 0.4) is 0 Å². The molecule has 126 valence electrons. The average Bonchev–Trinajstić information content (AvgIpc) is 2.40. The highest BCUT2D eigenvalue weighted by molar-refractivity contribution is 5.68. The van der Waals surface area contributed by atoms with Gasteiger partial charge in [-0.1, -0.05) is 12.1 Å². The monoisotopic (exact) mass is 328 g/mol. The van der Waals surface area contributed by atoms with E-state index in [4.69, 9.17) is 10.00 Å². The number of alkyl halides is 3. The number of nitrogens with zero attached hydrogens (tertiary/aromatic N) is 1. The largest absolute Gasteiger partial charge is 0.444 e. The lowest BCUT2D eigenvalue weighted by Gasteiger charge is -2.24. The summed E-state index contributed by atoms with van der Waals surface area (Å²) in [4.78, 5) is 11.8. The van der Waals surface area contributed by atoms with E-state index in [-0.39, 0.29) is 18.4 Å². The molecule has 0 aliphatic heterocycles. The molecule has 1 aromatic rings. The van der Waals surface area contributed by atoms with Crippen LogP contribution >= 0.6 is 0 Å². The Morgan fingerprint density at radius 2 is 2.00 bits per heavy atom. The van der Waals surface area contributed by atoms with E-state index in [1.165, 1.54) is 12.1 Å². The molecule has 1 N–H and O–H groups in total. The third kappa shape index (κ3) is 6.59. The average molecular weight is 328 g/mol. The molecule has 0 aliphatic carbocycles. The molecule has 0 fully saturated rings. The third-order valence-corrected chi connectivity index (χ3v) is 2.85. The molecular formula is C16H19F3N2O2. The Balaban J connectivity index is 2.98. The molecule has 0 saturated heterocycles. The molecule has 0 aromatic heterocycles. The van der Waals surface area contributed by atoms with Gasteiger partial charge in [0.15, 0.2) is 0 Å². The standard InChI is InChI=1S/C16H19F3N2O2/c1-15(2,3)23-14(22)21-13(8-5-9-20)11-6-4-7-12(10-11)16(17,18)19/h4,6-7,10,13H,5,8H2,1-3H3,(H,21,22). The van der Waals surface area contributed by atoms with Gasteiger partial charge in [-0.25, -0.2) is 4.79 Å². The van der Waals surface area contributed by atoms with E-state index in [1.807, 2.05) is 6.07 Å². The van der Waals surface area contributed by atoms with Crippen molar-refractivity contribution in [2.75, 3.05) is 0 Å². The van der Waals surface area contributed by atoms with E-state index in [9.17, 15) is 18.0 Å². The van der Waals surface area contributed by atoms with Crippen molar-refractivity contribution in [3.8, 4) is 6.07 Å². The summed E-state index contributed by atoms with van der Waals surface area (Å²) in [7, 11) is 0. The van der Waals surface area contributed by atoms with Gasteiger partial charge in [0.25, 0.3) is 0 Å². The fraction of sp³-hybridized carbons (Fsp3) is 0.500. The van der Waals surface area contributed by atoms with Crippen molar-refractivity contribution in [1.82, 2.24) is 5.32 Å². The quantitative estimate of drug-likeness (QED) is 0.880. The molecule has 1 amide bonds. The van der Waals surface area contributed by atoms with Gasteiger partial charge in [-0.05, 0) is 44.9 Å². The van der Waals surface area contributed by atoms with Crippen molar-refractivity contribution >= 4 is 6.09 Å². The fourth-order valence-corrected chi connectivity index (χ4v) is 1.91. The van der Waals surface area contributed by atoms with E-state index >= 15 is 0 Å². The Labute approximate surface area is 133 Å². The molecule has 1 unspecified atom stereocenters. The third-order valence-electron chi connectivity index (χ3n) is 2.85. The summed E-state index contributed by atoms with van der Waals surface area (Å²) in [6.07, 6.45) is -4.92. The van der Waals surface area contributed by atoms with Crippen LogP contribution in [0.2, 0.25) is 0 Å². The highest BCUT2D eigenvalue weighted by Crippen LogP contribution is 2.31. The maximum atomic E-state index is 12.8. The van der Waals surface area contributed by atoms with Crippen LogP contribution in [0.4, 0.5) is 18.0 Å². The van der Waals surface area contributed by atoms with Crippen LogP contribution in [0.15, 0.2) is 24.3 Å². The molecule has 7 heteroatoms. The SMILES string of the molecule is CC(C)(C)OC(=O)NC(CCC#N)c1cccc(C(F)(F)F)c1. The zero-order valence-corrected chi connectivity index (χ0v) is 13.2. The number of nitriles is 1. The summed E-state index contributed by atoms with van der Waals surface area (Å²) in [6.45, 7) is 5.05. The summed E-state index contributed by atoms with van der Waals surface area (Å²) >= 11 is 0. The van der Waals surface area contributed by atoms with E-state index in [1.54, 1.807) is 20.8 Å². The molecule has 0 heterocycles. The van der Waals surface area contributed by atoms with Crippen molar-refractivity contribution in [1.29, 1.82) is 5.26 Å². The van der Waals surface area contributed by atoms with E-state index in [2.05, 4.69) is 5.32 Å². The number of hydrogen-bond donors (Lipinski definition) is 1. The van der Waals surface area contributed by atoms with Crippen molar-refractivity contribution in [3.05, 3.63) is 35.4 Å². The van der Waals surface area contributed by atoms with Crippen LogP contribution in [0.5, 0.6) is 0 Å². The second kappa shape index (κ2) is 7.36. The van der Waals surface area contributed by atoms with Gasteiger partial charge in [-0.3, -0.25) is 0 Å². The fourth-order valence-electron chi connectivity index (χ4n) is 1.91. The summed E-state index contributed by atoms with van der Waals surface area (Å²) < 4.78 is 43.5. The topological polar surface area (TPSA) is 62.1 Å². The smallest absolute Gasteiger partial charge is 0.416 e. The van der Waals surface area contributed by atoms with Crippen LogP contribution < -0.4 is 5.32 Å². The van der Waals surface area contributed by atoms with Gasteiger partial charge in [0.1, 0.15) is 5.60 Å². The van der Waals surface area contributed by atoms with Gasteiger partial charge >= 0.3 is 12.3 Å². The van der Waals surface area contributed by atoms with Gasteiger partial charge in [0.2, 0.25) is 0 Å². The van der Waals surface area contributed by atoms with Gasteiger partial charge in [-0.15, -0.1) is 0 Å². The number of nitrogens with one attached hydrogen (secondary N) is 1. The van der Waals surface area contributed by atoms with Gasteiger partial charge in [-0.2, -0.15) is 18.4 Å². The highest BCUT2D eigenvalue weighted by atomic mass is 19.4. The first-order valence-corrected chi connectivity index (χ1v) is 7.06. The lowest BCUT2D eigenvalue weighted by atomic mass is 10.00. The molecule has 0 spiro atoms. The molecule has 0 saturated carbocycles. The van der Waals surface area contributed by atoms with Gasteiger partial charge in [0.05, 0.1) is 17.7 Å². The number of rotatable bonds is 4. The zero-order valence-electron chi connectivity index (χ0n) is 13.2. The van der Waals surface area contributed by atoms with E-state index in [0.29, 0.717) is 0 Å². The molecule has 0 aliphatic rings. The summed E-state index contributed by atoms with van der Waals surface area (Å²) in [5.74, 6) is 0. The first-order valence-electron chi connectivity index (χ1n) is 7.06. The summed E-state index contributed by atoms with van der Waals surface area (Å²) in [6, 6.07) is 5.87. The maximum Gasteiger partial charge on any atom is 0.416 e. The maximum absolute atomic E-state index is 12.8. The summed E-state index contributed by atoms with van der Waals surface area (Å²) in [5, 5.41) is 11.2. The number of carbonyl (C=O) groups excluding carboxylic acids is 1. The molecule has 1 aromatic carbocycles. The Morgan fingerprint density at radius 1 is 1.35 bits per heavy atom. The van der Waals surface area contributed by atoms with E-state index < -0.39 is 29.5 Å². The second-order valence-corrected chi connectivity index (χ2v) is 6.02. The van der Waals surface area contributed by atoms with Crippen LogP contribution in [-0.2, 0) is 10.9 Å². The zero-order chi connectivity index (χ0) is 17.7. The van der Waals surface area contributed by atoms with Crippen molar-refractivity contribution in [2.24, 2.45) is 0 Å². The predicted octanol–water partition coefficient (Wildman–Crippen LogP) is 4.57. The number of carbonyl (C=O) groups is 1. The van der Waals surface area contributed by atoms with Crippen LogP contribution in [0.1, 0.15) is 50.8 Å². The minimum Gasteiger partial charge on any atom is -0.444 e.